The Balaban J connectivity index is 2.35. The summed E-state index contributed by atoms with van der Waals surface area (Å²) in [5.74, 6) is 0.256. The van der Waals surface area contributed by atoms with Crippen molar-refractivity contribution >= 4 is 53.2 Å². The zero-order valence-corrected chi connectivity index (χ0v) is 15.3. The third-order valence-corrected chi connectivity index (χ3v) is 8.20. The van der Waals surface area contributed by atoms with Gasteiger partial charge in [0.05, 0.1) is 7.57 Å². The van der Waals surface area contributed by atoms with Gasteiger partial charge in [0.25, 0.3) is 0 Å². The van der Waals surface area contributed by atoms with Gasteiger partial charge in [-0.3, -0.25) is 0 Å². The first-order valence-electron chi connectivity index (χ1n) is 6.03. The number of hydrogen-bond acceptors (Lipinski definition) is 4. The van der Waals surface area contributed by atoms with Crippen LogP contribution in [-0.4, -0.2) is 31.9 Å². The Labute approximate surface area is 134 Å². The molecule has 0 bridgehead atoms. The van der Waals surface area contributed by atoms with E-state index in [-0.39, 0.29) is 12.0 Å². The second kappa shape index (κ2) is 6.11. The van der Waals surface area contributed by atoms with E-state index in [1.54, 1.807) is 10.4 Å². The van der Waals surface area contributed by atoms with Crippen LogP contribution in [0.2, 0.25) is 0 Å². The molecule has 0 spiro atoms. The molecule has 0 amide bonds. The molecule has 2 N–H and O–H groups in total. The Bertz CT molecular complexity index is 559. The van der Waals surface area contributed by atoms with Crippen LogP contribution in [0.4, 0.5) is 0 Å². The maximum Gasteiger partial charge on any atom is 0.245 e. The van der Waals surface area contributed by atoms with Crippen molar-refractivity contribution in [1.29, 1.82) is 0 Å². The first-order valence-corrected chi connectivity index (χ1v) is 9.87. The normalized spacial score (nSPS) is 25.7. The van der Waals surface area contributed by atoms with Crippen molar-refractivity contribution in [2.45, 2.75) is 30.7 Å². The van der Waals surface area contributed by atoms with Gasteiger partial charge in [0.2, 0.25) is 10.0 Å². The summed E-state index contributed by atoms with van der Waals surface area (Å²) in [6.07, 6.45) is 1.86. The second-order valence-electron chi connectivity index (χ2n) is 4.79. The lowest BCUT2D eigenvalue weighted by molar-refractivity contribution is 0.211. The Hall–Kier alpha value is 0.530. The molecule has 2 unspecified atom stereocenters. The predicted molar refractivity (Wildman–Crippen MR) is 84.9 cm³/mol. The summed E-state index contributed by atoms with van der Waals surface area (Å²) in [7, 11) is -3.45. The van der Waals surface area contributed by atoms with Crippen LogP contribution in [0.1, 0.15) is 19.8 Å². The molecule has 1 aliphatic heterocycles. The van der Waals surface area contributed by atoms with Gasteiger partial charge in [0.15, 0.2) is 0 Å². The molecule has 0 saturated carbocycles. The van der Waals surface area contributed by atoms with Crippen LogP contribution in [-0.2, 0) is 10.0 Å². The highest BCUT2D eigenvalue weighted by molar-refractivity contribution is 9.12. The molecule has 0 aromatic carbocycles. The summed E-state index contributed by atoms with van der Waals surface area (Å²) in [6.45, 7) is 3.01. The highest BCUT2D eigenvalue weighted by atomic mass is 79.9. The SMILES string of the molecule is CC1CCC(CN)CN1S(=O)(=O)c1cc(Br)sc1Br. The summed E-state index contributed by atoms with van der Waals surface area (Å²) >= 11 is 8.03. The molecule has 2 rings (SSSR count). The van der Waals surface area contributed by atoms with Gasteiger partial charge in [0, 0.05) is 12.6 Å². The standard InChI is InChI=1S/C11H16Br2N2O2S2/c1-7-2-3-8(5-14)6-15(7)19(16,17)9-4-10(12)18-11(9)13/h4,7-8H,2-3,5-6,14H2,1H3. The van der Waals surface area contributed by atoms with E-state index in [9.17, 15) is 8.42 Å². The van der Waals surface area contributed by atoms with E-state index in [2.05, 4.69) is 31.9 Å². The predicted octanol–water partition coefficient (Wildman–Crippen LogP) is 3.02. The fraction of sp³-hybridized carbons (Fsp3) is 0.636. The number of nitrogens with zero attached hydrogens (tertiary/aromatic N) is 1. The van der Waals surface area contributed by atoms with Crippen molar-refractivity contribution in [2.75, 3.05) is 13.1 Å². The summed E-state index contributed by atoms with van der Waals surface area (Å²) in [4.78, 5) is 0.342. The number of thiophene rings is 1. The molecule has 1 aromatic rings. The molecular weight excluding hydrogens is 416 g/mol. The summed E-state index contributed by atoms with van der Waals surface area (Å²) in [5, 5.41) is 0. The lowest BCUT2D eigenvalue weighted by Crippen LogP contribution is -2.46. The van der Waals surface area contributed by atoms with Crippen molar-refractivity contribution in [3.05, 3.63) is 13.6 Å². The Kier molecular flexibility index (Phi) is 5.12. The van der Waals surface area contributed by atoms with Crippen LogP contribution in [0.15, 0.2) is 18.5 Å². The molecule has 1 aromatic heterocycles. The third-order valence-electron chi connectivity index (χ3n) is 3.47. The maximum absolute atomic E-state index is 12.7. The van der Waals surface area contributed by atoms with Gasteiger partial charge in [-0.25, -0.2) is 8.42 Å². The smallest absolute Gasteiger partial charge is 0.245 e. The lowest BCUT2D eigenvalue weighted by Gasteiger charge is -2.36. The molecule has 4 nitrogen and oxygen atoms in total. The van der Waals surface area contributed by atoms with Crippen molar-refractivity contribution in [3.8, 4) is 0 Å². The number of sulfonamides is 1. The van der Waals surface area contributed by atoms with E-state index in [4.69, 9.17) is 5.73 Å². The summed E-state index contributed by atoms with van der Waals surface area (Å²) in [6, 6.07) is 1.68. The van der Waals surface area contributed by atoms with Crippen LogP contribution in [0, 0.1) is 5.92 Å². The van der Waals surface area contributed by atoms with Crippen LogP contribution < -0.4 is 5.73 Å². The zero-order chi connectivity index (χ0) is 14.2. The van der Waals surface area contributed by atoms with Gasteiger partial charge in [-0.15, -0.1) is 11.3 Å². The van der Waals surface area contributed by atoms with Crippen molar-refractivity contribution < 1.29 is 8.42 Å². The zero-order valence-electron chi connectivity index (χ0n) is 10.5. The van der Waals surface area contributed by atoms with Gasteiger partial charge < -0.3 is 5.73 Å². The van der Waals surface area contributed by atoms with Gasteiger partial charge in [0.1, 0.15) is 4.90 Å². The fourth-order valence-corrected chi connectivity index (χ4v) is 7.80. The molecule has 8 heteroatoms. The number of nitrogens with two attached hydrogens (primary N) is 1. The van der Waals surface area contributed by atoms with E-state index < -0.39 is 10.0 Å². The highest BCUT2D eigenvalue weighted by Crippen LogP contribution is 2.38. The molecule has 1 aliphatic rings. The lowest BCUT2D eigenvalue weighted by atomic mass is 9.96. The molecule has 0 aliphatic carbocycles. The minimum Gasteiger partial charge on any atom is -0.330 e. The van der Waals surface area contributed by atoms with Gasteiger partial charge >= 0.3 is 0 Å². The van der Waals surface area contributed by atoms with Gasteiger partial charge in [-0.2, -0.15) is 4.31 Å². The van der Waals surface area contributed by atoms with Gasteiger partial charge in [-0.1, -0.05) is 0 Å². The maximum atomic E-state index is 12.7. The quantitative estimate of drug-likeness (QED) is 0.799. The van der Waals surface area contributed by atoms with Crippen LogP contribution in [0.25, 0.3) is 0 Å². The first-order chi connectivity index (χ1) is 8.86. The molecule has 19 heavy (non-hydrogen) atoms. The van der Waals surface area contributed by atoms with Crippen molar-refractivity contribution in [1.82, 2.24) is 4.31 Å². The molecule has 0 radical (unpaired) electrons. The number of piperidine rings is 1. The van der Waals surface area contributed by atoms with E-state index in [0.717, 1.165) is 16.6 Å². The summed E-state index contributed by atoms with van der Waals surface area (Å²) in [5.41, 5.74) is 5.69. The van der Waals surface area contributed by atoms with E-state index in [1.807, 2.05) is 6.92 Å². The number of hydrogen-bond donors (Lipinski definition) is 1. The molecule has 2 atom stereocenters. The minimum atomic E-state index is -3.45. The van der Waals surface area contributed by atoms with Crippen LogP contribution >= 0.6 is 43.2 Å². The van der Waals surface area contributed by atoms with Crippen molar-refractivity contribution in [2.24, 2.45) is 11.7 Å². The Morgan fingerprint density at radius 3 is 2.68 bits per heavy atom. The number of rotatable bonds is 3. The Morgan fingerprint density at radius 1 is 1.47 bits per heavy atom. The van der Waals surface area contributed by atoms with E-state index >= 15 is 0 Å². The molecule has 1 fully saturated rings. The highest BCUT2D eigenvalue weighted by Gasteiger charge is 2.36. The van der Waals surface area contributed by atoms with E-state index in [0.29, 0.717) is 21.8 Å². The molecule has 1 saturated heterocycles. The fourth-order valence-electron chi connectivity index (χ4n) is 2.30. The number of halogens is 2. The minimum absolute atomic E-state index is 0.0263. The van der Waals surface area contributed by atoms with E-state index in [1.165, 1.54) is 11.3 Å². The molecular formula is C11H16Br2N2O2S2. The summed E-state index contributed by atoms with van der Waals surface area (Å²) < 4.78 is 28.5. The van der Waals surface area contributed by atoms with Crippen LogP contribution in [0.3, 0.4) is 0 Å². The average Bonchev–Trinajstić information content (AvgIpc) is 2.69. The average molecular weight is 432 g/mol. The molecule has 108 valence electrons. The van der Waals surface area contributed by atoms with Gasteiger partial charge in [-0.05, 0) is 70.2 Å². The third kappa shape index (κ3) is 3.24. The Morgan fingerprint density at radius 2 is 2.16 bits per heavy atom. The molecule has 2 heterocycles. The van der Waals surface area contributed by atoms with Crippen molar-refractivity contribution in [3.63, 3.8) is 0 Å². The topological polar surface area (TPSA) is 63.4 Å². The monoisotopic (exact) mass is 430 g/mol. The largest absolute Gasteiger partial charge is 0.330 e. The first kappa shape index (κ1) is 15.9. The second-order valence-corrected chi connectivity index (χ2v) is 10.4. The van der Waals surface area contributed by atoms with Crippen LogP contribution in [0.5, 0.6) is 0 Å².